The summed E-state index contributed by atoms with van der Waals surface area (Å²) in [6.45, 7) is 6.35. The number of benzene rings is 2. The molecule has 0 saturated carbocycles. The van der Waals surface area contributed by atoms with Crippen LogP contribution in [0, 0.1) is 32.1 Å². The van der Waals surface area contributed by atoms with Crippen molar-refractivity contribution >= 4 is 11.8 Å². The molecule has 96 valence electrons. The Hall–Kier alpha value is -1.72. The first-order chi connectivity index (χ1) is 9.10. The molecule has 0 saturated heterocycles. The van der Waals surface area contributed by atoms with Gasteiger partial charge in [0, 0.05) is 10.6 Å². The summed E-state index contributed by atoms with van der Waals surface area (Å²) in [5.74, 6) is 0.944. The van der Waals surface area contributed by atoms with Gasteiger partial charge in [0.05, 0.1) is 11.6 Å². The SMILES string of the molecule is Cc1ccc(SCc2ccc(C#N)cc2C)cc1C. The van der Waals surface area contributed by atoms with E-state index < -0.39 is 0 Å². The molecule has 0 aromatic heterocycles. The minimum absolute atomic E-state index is 0.734. The topological polar surface area (TPSA) is 23.8 Å². The normalized spacial score (nSPS) is 10.2. The molecule has 0 spiro atoms. The van der Waals surface area contributed by atoms with E-state index in [1.807, 2.05) is 23.9 Å². The van der Waals surface area contributed by atoms with Crippen LogP contribution in [-0.4, -0.2) is 0 Å². The van der Waals surface area contributed by atoms with Crippen molar-refractivity contribution in [3.8, 4) is 6.07 Å². The molecule has 0 aliphatic heterocycles. The fourth-order valence-corrected chi connectivity index (χ4v) is 2.96. The molecular formula is C17H17NS. The van der Waals surface area contributed by atoms with Gasteiger partial charge < -0.3 is 0 Å². The van der Waals surface area contributed by atoms with Crippen LogP contribution < -0.4 is 0 Å². The van der Waals surface area contributed by atoms with Crippen LogP contribution in [0.15, 0.2) is 41.3 Å². The molecule has 19 heavy (non-hydrogen) atoms. The minimum Gasteiger partial charge on any atom is -0.192 e. The number of nitrogens with zero attached hydrogens (tertiary/aromatic N) is 1. The molecular weight excluding hydrogens is 250 g/mol. The van der Waals surface area contributed by atoms with Crippen LogP contribution in [0.2, 0.25) is 0 Å². The Labute approximate surface area is 119 Å². The summed E-state index contributed by atoms with van der Waals surface area (Å²) in [6, 6.07) is 14.7. The zero-order chi connectivity index (χ0) is 13.8. The van der Waals surface area contributed by atoms with E-state index >= 15 is 0 Å². The summed E-state index contributed by atoms with van der Waals surface area (Å²) in [7, 11) is 0. The lowest BCUT2D eigenvalue weighted by molar-refractivity contribution is 1.26. The van der Waals surface area contributed by atoms with E-state index in [-0.39, 0.29) is 0 Å². The third kappa shape index (κ3) is 3.39. The molecule has 0 fully saturated rings. The molecule has 1 nitrogen and oxygen atoms in total. The van der Waals surface area contributed by atoms with Gasteiger partial charge in [-0.25, -0.2) is 0 Å². The van der Waals surface area contributed by atoms with Gasteiger partial charge >= 0.3 is 0 Å². The number of hydrogen-bond donors (Lipinski definition) is 0. The van der Waals surface area contributed by atoms with Crippen molar-refractivity contribution in [1.82, 2.24) is 0 Å². The lowest BCUT2D eigenvalue weighted by atomic mass is 10.1. The highest BCUT2D eigenvalue weighted by Crippen LogP contribution is 2.26. The van der Waals surface area contributed by atoms with Crippen LogP contribution >= 0.6 is 11.8 Å². The summed E-state index contributed by atoms with van der Waals surface area (Å²) in [4.78, 5) is 1.30. The van der Waals surface area contributed by atoms with E-state index in [4.69, 9.17) is 5.26 Å². The molecule has 0 aliphatic rings. The van der Waals surface area contributed by atoms with E-state index in [9.17, 15) is 0 Å². The van der Waals surface area contributed by atoms with Crippen molar-refractivity contribution in [3.63, 3.8) is 0 Å². The molecule has 0 aliphatic carbocycles. The number of hydrogen-bond acceptors (Lipinski definition) is 2. The molecule has 0 N–H and O–H groups in total. The molecule has 0 atom stereocenters. The molecule has 2 aromatic carbocycles. The summed E-state index contributed by atoms with van der Waals surface area (Å²) in [5, 5.41) is 8.86. The summed E-state index contributed by atoms with van der Waals surface area (Å²) < 4.78 is 0. The summed E-state index contributed by atoms with van der Waals surface area (Å²) in [6.07, 6.45) is 0. The zero-order valence-corrected chi connectivity index (χ0v) is 12.3. The maximum absolute atomic E-state index is 8.86. The van der Waals surface area contributed by atoms with Gasteiger partial charge in [0.2, 0.25) is 0 Å². The van der Waals surface area contributed by atoms with Crippen LogP contribution in [0.1, 0.15) is 27.8 Å². The molecule has 2 aromatic rings. The van der Waals surface area contributed by atoms with Crippen molar-refractivity contribution in [2.24, 2.45) is 0 Å². The van der Waals surface area contributed by atoms with Gasteiger partial charge in [-0.05, 0) is 67.3 Å². The van der Waals surface area contributed by atoms with Gasteiger partial charge in [-0.1, -0.05) is 12.1 Å². The van der Waals surface area contributed by atoms with E-state index in [2.05, 4.69) is 51.1 Å². The lowest BCUT2D eigenvalue weighted by Crippen LogP contribution is -1.88. The molecule has 0 unspecified atom stereocenters. The fourth-order valence-electron chi connectivity index (χ4n) is 1.89. The van der Waals surface area contributed by atoms with Crippen molar-refractivity contribution < 1.29 is 0 Å². The Morgan fingerprint density at radius 2 is 1.74 bits per heavy atom. The van der Waals surface area contributed by atoms with E-state index in [0.717, 1.165) is 11.3 Å². The Morgan fingerprint density at radius 1 is 0.947 bits per heavy atom. The first-order valence-electron chi connectivity index (χ1n) is 6.30. The largest absolute Gasteiger partial charge is 0.192 e. The molecule has 2 heteroatoms. The predicted molar refractivity (Wildman–Crippen MR) is 81.4 cm³/mol. The van der Waals surface area contributed by atoms with Gasteiger partial charge in [-0.3, -0.25) is 0 Å². The van der Waals surface area contributed by atoms with Crippen LogP contribution in [-0.2, 0) is 5.75 Å². The minimum atomic E-state index is 0.734. The van der Waals surface area contributed by atoms with Gasteiger partial charge in [-0.15, -0.1) is 11.8 Å². The van der Waals surface area contributed by atoms with E-state index in [1.165, 1.54) is 27.1 Å². The molecule has 0 amide bonds. The quantitative estimate of drug-likeness (QED) is 0.747. The second kappa shape index (κ2) is 5.95. The van der Waals surface area contributed by atoms with Crippen molar-refractivity contribution in [2.75, 3.05) is 0 Å². The first-order valence-corrected chi connectivity index (χ1v) is 7.28. The predicted octanol–water partition coefficient (Wildman–Crippen LogP) is 4.78. The Bertz CT molecular complexity index is 638. The molecule has 0 bridgehead atoms. The maximum atomic E-state index is 8.86. The zero-order valence-electron chi connectivity index (χ0n) is 11.5. The Kier molecular flexibility index (Phi) is 4.29. The number of thioether (sulfide) groups is 1. The Balaban J connectivity index is 2.10. The summed E-state index contributed by atoms with van der Waals surface area (Å²) >= 11 is 1.84. The van der Waals surface area contributed by atoms with Crippen LogP contribution in [0.25, 0.3) is 0 Å². The molecule has 0 heterocycles. The van der Waals surface area contributed by atoms with Crippen molar-refractivity contribution in [3.05, 3.63) is 64.2 Å². The summed E-state index contributed by atoms with van der Waals surface area (Å²) in [5.41, 5.74) is 5.88. The number of aryl methyl sites for hydroxylation is 3. The second-order valence-corrected chi connectivity index (χ2v) is 5.84. The van der Waals surface area contributed by atoms with Gasteiger partial charge in [-0.2, -0.15) is 5.26 Å². The maximum Gasteiger partial charge on any atom is 0.0991 e. The highest BCUT2D eigenvalue weighted by atomic mass is 32.2. The van der Waals surface area contributed by atoms with Crippen molar-refractivity contribution in [2.45, 2.75) is 31.4 Å². The van der Waals surface area contributed by atoms with Gasteiger partial charge in [0.15, 0.2) is 0 Å². The number of nitriles is 1. The highest BCUT2D eigenvalue weighted by Gasteiger charge is 2.02. The third-order valence-electron chi connectivity index (χ3n) is 3.34. The van der Waals surface area contributed by atoms with E-state index in [1.54, 1.807) is 0 Å². The highest BCUT2D eigenvalue weighted by molar-refractivity contribution is 7.98. The van der Waals surface area contributed by atoms with Gasteiger partial charge in [0.1, 0.15) is 0 Å². The van der Waals surface area contributed by atoms with Crippen LogP contribution in [0.4, 0.5) is 0 Å². The van der Waals surface area contributed by atoms with Crippen LogP contribution in [0.5, 0.6) is 0 Å². The molecule has 0 radical (unpaired) electrons. The monoisotopic (exact) mass is 267 g/mol. The fraction of sp³-hybridized carbons (Fsp3) is 0.235. The van der Waals surface area contributed by atoms with E-state index in [0.29, 0.717) is 0 Å². The smallest absolute Gasteiger partial charge is 0.0991 e. The lowest BCUT2D eigenvalue weighted by Gasteiger charge is -2.08. The Morgan fingerprint density at radius 3 is 2.37 bits per heavy atom. The number of rotatable bonds is 3. The second-order valence-electron chi connectivity index (χ2n) is 4.79. The first kappa shape index (κ1) is 13.7. The average molecular weight is 267 g/mol. The standard InChI is InChI=1S/C17H17NS/c1-12-4-7-17(9-13(12)2)19-11-16-6-5-15(10-18)8-14(16)3/h4-9H,11H2,1-3H3. The van der Waals surface area contributed by atoms with Crippen LogP contribution in [0.3, 0.4) is 0 Å². The third-order valence-corrected chi connectivity index (χ3v) is 4.39. The average Bonchev–Trinajstić information content (AvgIpc) is 2.41. The molecule has 2 rings (SSSR count). The van der Waals surface area contributed by atoms with Gasteiger partial charge in [0.25, 0.3) is 0 Å². The van der Waals surface area contributed by atoms with Crippen molar-refractivity contribution in [1.29, 1.82) is 5.26 Å².